The number of benzene rings is 1. The molecule has 0 aliphatic carbocycles. The minimum Gasteiger partial charge on any atom is -0.501 e. The van der Waals surface area contributed by atoms with Gasteiger partial charge in [-0.1, -0.05) is 6.07 Å². The smallest absolute Gasteiger partial charge is 0.250 e. The molecule has 1 aromatic rings. The Morgan fingerprint density at radius 2 is 2.00 bits per heavy atom. The van der Waals surface area contributed by atoms with Crippen LogP contribution in [-0.4, -0.2) is 28.2 Å². The molecule has 1 fully saturated rings. The van der Waals surface area contributed by atoms with Crippen LogP contribution in [0.4, 0.5) is 8.78 Å². The van der Waals surface area contributed by atoms with Gasteiger partial charge in [-0.3, -0.25) is 14.5 Å². The predicted octanol–water partition coefficient (Wildman–Crippen LogP) is 2.13. The van der Waals surface area contributed by atoms with E-state index < -0.39 is 28.8 Å². The highest BCUT2D eigenvalue weighted by atomic mass is 19.2. The summed E-state index contributed by atoms with van der Waals surface area (Å²) < 4.78 is 32.0. The van der Waals surface area contributed by atoms with Crippen molar-refractivity contribution in [3.8, 4) is 0 Å². The largest absolute Gasteiger partial charge is 0.501 e. The number of hydrogen-bond acceptors (Lipinski definition) is 4. The predicted molar refractivity (Wildman–Crippen MR) is 70.4 cm³/mol. The number of nitrogens with zero attached hydrogens (tertiary/aromatic N) is 1. The van der Waals surface area contributed by atoms with E-state index in [-0.39, 0.29) is 17.4 Å². The molecule has 0 radical (unpaired) electrons. The average Bonchev–Trinajstić information content (AvgIpc) is 3.00. The maximum atomic E-state index is 13.4. The zero-order valence-electron chi connectivity index (χ0n) is 11.7. The van der Waals surface area contributed by atoms with Gasteiger partial charge in [0.1, 0.15) is 0 Å². The van der Waals surface area contributed by atoms with Gasteiger partial charge >= 0.3 is 0 Å². The first kappa shape index (κ1) is 14.5. The lowest BCUT2D eigenvalue weighted by atomic mass is 9.91. The number of halogens is 2. The SMILES string of the molecule is CC1(c2ccc(F)c(F)c2)OC(N2CCCC2=O)=C(O)C1=O. The van der Waals surface area contributed by atoms with Gasteiger partial charge in [0.2, 0.25) is 17.5 Å². The van der Waals surface area contributed by atoms with E-state index in [1.54, 1.807) is 0 Å². The van der Waals surface area contributed by atoms with Crippen molar-refractivity contribution in [2.45, 2.75) is 25.4 Å². The summed E-state index contributed by atoms with van der Waals surface area (Å²) in [6.45, 7) is 1.67. The van der Waals surface area contributed by atoms with Crippen molar-refractivity contribution in [2.24, 2.45) is 0 Å². The van der Waals surface area contributed by atoms with Crippen LogP contribution in [0, 0.1) is 11.6 Å². The van der Waals surface area contributed by atoms with Crippen LogP contribution < -0.4 is 0 Å². The van der Waals surface area contributed by atoms with Crippen LogP contribution >= 0.6 is 0 Å². The van der Waals surface area contributed by atoms with Crippen molar-refractivity contribution in [1.29, 1.82) is 0 Å². The van der Waals surface area contributed by atoms with Crippen molar-refractivity contribution in [3.05, 3.63) is 47.0 Å². The number of carbonyl (C=O) groups excluding carboxylic acids is 2. The number of amides is 1. The fraction of sp³-hybridized carbons (Fsp3) is 0.333. The highest BCUT2D eigenvalue weighted by Crippen LogP contribution is 2.40. The topological polar surface area (TPSA) is 66.8 Å². The molecule has 116 valence electrons. The van der Waals surface area contributed by atoms with Gasteiger partial charge in [-0.05, 0) is 25.5 Å². The van der Waals surface area contributed by atoms with E-state index >= 15 is 0 Å². The van der Waals surface area contributed by atoms with Gasteiger partial charge in [0, 0.05) is 18.5 Å². The first-order chi connectivity index (χ1) is 10.3. The van der Waals surface area contributed by atoms with Crippen molar-refractivity contribution in [2.75, 3.05) is 6.54 Å². The van der Waals surface area contributed by atoms with Crippen LogP contribution in [0.5, 0.6) is 0 Å². The molecule has 7 heteroatoms. The molecule has 1 aromatic carbocycles. The first-order valence-corrected chi connectivity index (χ1v) is 6.77. The van der Waals surface area contributed by atoms with E-state index in [1.165, 1.54) is 17.9 Å². The van der Waals surface area contributed by atoms with Crippen molar-refractivity contribution in [1.82, 2.24) is 4.90 Å². The molecule has 0 aromatic heterocycles. The lowest BCUT2D eigenvalue weighted by molar-refractivity contribution is -0.136. The second kappa shape index (κ2) is 4.79. The maximum Gasteiger partial charge on any atom is 0.250 e. The van der Waals surface area contributed by atoms with Gasteiger partial charge in [-0.25, -0.2) is 8.78 Å². The number of ether oxygens (including phenoxy) is 1. The van der Waals surface area contributed by atoms with Crippen LogP contribution in [0.1, 0.15) is 25.3 Å². The van der Waals surface area contributed by atoms with E-state index in [0.29, 0.717) is 19.4 Å². The number of Topliss-reactive ketones (excluding diaryl/α,β-unsaturated/α-hetero) is 1. The van der Waals surface area contributed by atoms with Gasteiger partial charge in [-0.15, -0.1) is 0 Å². The molecule has 0 spiro atoms. The highest BCUT2D eigenvalue weighted by molar-refractivity contribution is 6.03. The molecule has 0 bridgehead atoms. The first-order valence-electron chi connectivity index (χ1n) is 6.77. The Morgan fingerprint density at radius 3 is 2.59 bits per heavy atom. The Hall–Kier alpha value is -2.44. The Morgan fingerprint density at radius 1 is 1.27 bits per heavy atom. The van der Waals surface area contributed by atoms with E-state index in [0.717, 1.165) is 12.1 Å². The lowest BCUT2D eigenvalue weighted by Crippen LogP contribution is -2.32. The minimum absolute atomic E-state index is 0.0598. The molecule has 1 atom stereocenters. The molecule has 1 N–H and O–H groups in total. The lowest BCUT2D eigenvalue weighted by Gasteiger charge is -2.26. The normalized spacial score (nSPS) is 25.1. The Bertz CT molecular complexity index is 715. The second-order valence-electron chi connectivity index (χ2n) is 5.40. The third-order valence-corrected chi connectivity index (χ3v) is 3.94. The number of aliphatic hydroxyl groups is 1. The molecule has 1 saturated heterocycles. The number of rotatable bonds is 2. The molecule has 2 heterocycles. The fourth-order valence-corrected chi connectivity index (χ4v) is 2.64. The summed E-state index contributed by atoms with van der Waals surface area (Å²) in [6.07, 6.45) is 0.894. The van der Waals surface area contributed by atoms with Gasteiger partial charge in [0.05, 0.1) is 0 Å². The third kappa shape index (κ3) is 1.96. The van der Waals surface area contributed by atoms with Crippen molar-refractivity contribution >= 4 is 11.7 Å². The second-order valence-corrected chi connectivity index (χ2v) is 5.40. The molecular weight excluding hydrogens is 296 g/mol. The summed E-state index contributed by atoms with van der Waals surface area (Å²) >= 11 is 0. The summed E-state index contributed by atoms with van der Waals surface area (Å²) in [6, 6.07) is 2.93. The van der Waals surface area contributed by atoms with E-state index in [2.05, 4.69) is 0 Å². The van der Waals surface area contributed by atoms with Crippen LogP contribution in [0.15, 0.2) is 29.8 Å². The average molecular weight is 309 g/mol. The van der Waals surface area contributed by atoms with Crippen LogP contribution in [0.3, 0.4) is 0 Å². The van der Waals surface area contributed by atoms with Gasteiger partial charge in [-0.2, -0.15) is 0 Å². The summed E-state index contributed by atoms with van der Waals surface area (Å²) in [4.78, 5) is 25.2. The molecule has 5 nitrogen and oxygen atoms in total. The standard InChI is InChI=1S/C15H13F2NO4/c1-15(8-4-5-9(16)10(17)7-8)13(21)12(20)14(22-15)18-6-2-3-11(18)19/h4-5,7,20H,2-3,6H2,1H3. The number of ketones is 1. The monoisotopic (exact) mass is 309 g/mol. The third-order valence-electron chi connectivity index (χ3n) is 3.94. The highest BCUT2D eigenvalue weighted by Gasteiger charge is 2.50. The summed E-state index contributed by atoms with van der Waals surface area (Å²) in [5.74, 6) is -4.13. The zero-order chi connectivity index (χ0) is 16.1. The molecule has 1 amide bonds. The molecular formula is C15H13F2NO4. The van der Waals surface area contributed by atoms with Gasteiger partial charge < -0.3 is 9.84 Å². The Balaban J connectivity index is 1.99. The van der Waals surface area contributed by atoms with Crippen LogP contribution in [-0.2, 0) is 19.9 Å². The van der Waals surface area contributed by atoms with Crippen LogP contribution in [0.2, 0.25) is 0 Å². The van der Waals surface area contributed by atoms with Gasteiger partial charge in [0.15, 0.2) is 17.2 Å². The van der Waals surface area contributed by atoms with E-state index in [4.69, 9.17) is 4.74 Å². The Labute approximate surface area is 124 Å². The molecule has 2 aliphatic rings. The Kier molecular flexibility index (Phi) is 3.16. The molecule has 2 aliphatic heterocycles. The zero-order valence-corrected chi connectivity index (χ0v) is 11.7. The van der Waals surface area contributed by atoms with Crippen molar-refractivity contribution in [3.63, 3.8) is 0 Å². The number of carbonyl (C=O) groups is 2. The molecule has 3 rings (SSSR count). The van der Waals surface area contributed by atoms with Gasteiger partial charge in [0.25, 0.3) is 5.78 Å². The summed E-state index contributed by atoms with van der Waals surface area (Å²) in [5, 5.41) is 10.00. The fourth-order valence-electron chi connectivity index (χ4n) is 2.64. The van der Waals surface area contributed by atoms with E-state index in [1.807, 2.05) is 0 Å². The molecule has 22 heavy (non-hydrogen) atoms. The summed E-state index contributed by atoms with van der Waals surface area (Å²) in [5.41, 5.74) is -1.64. The number of likely N-dealkylation sites (tertiary alicyclic amines) is 1. The summed E-state index contributed by atoms with van der Waals surface area (Å²) in [7, 11) is 0. The number of hydrogen-bond donors (Lipinski definition) is 1. The number of aliphatic hydroxyl groups excluding tert-OH is 1. The van der Waals surface area contributed by atoms with E-state index in [9.17, 15) is 23.5 Å². The maximum absolute atomic E-state index is 13.4. The molecule has 1 unspecified atom stereocenters. The molecule has 0 saturated carbocycles. The van der Waals surface area contributed by atoms with Crippen molar-refractivity contribution < 1.29 is 28.2 Å². The quantitative estimate of drug-likeness (QED) is 0.909. The van der Waals surface area contributed by atoms with Crippen LogP contribution in [0.25, 0.3) is 0 Å². The minimum atomic E-state index is -1.70.